The Balaban J connectivity index is 1.93. The average molecular weight is 250 g/mol. The Morgan fingerprint density at radius 2 is 2.24 bits per heavy atom. The number of hydrogen-bond donors (Lipinski definition) is 1. The van der Waals surface area contributed by atoms with Gasteiger partial charge in [-0.05, 0) is 37.6 Å². The topological polar surface area (TPSA) is 24.9 Å². The van der Waals surface area contributed by atoms with E-state index in [0.717, 1.165) is 28.2 Å². The van der Waals surface area contributed by atoms with Crippen molar-refractivity contribution < 1.29 is 4.39 Å². The summed E-state index contributed by atoms with van der Waals surface area (Å²) in [7, 11) is 0. The molecule has 90 valence electrons. The Hall–Kier alpha value is -1.00. The number of nitrogens with zero attached hydrogens (tertiary/aromatic N) is 1. The molecule has 1 aromatic heterocycles. The van der Waals surface area contributed by atoms with E-state index in [1.54, 1.807) is 23.5 Å². The molecule has 1 atom stereocenters. The lowest BCUT2D eigenvalue weighted by molar-refractivity contribution is 0.533. The van der Waals surface area contributed by atoms with Crippen molar-refractivity contribution in [3.05, 3.63) is 29.0 Å². The summed E-state index contributed by atoms with van der Waals surface area (Å²) < 4.78 is 14.1. The Morgan fingerprint density at radius 1 is 1.29 bits per heavy atom. The standard InChI is InChI=1S/C13H15FN2S/c14-9-5-6-10-12(8-9)17-13(16-10)11-4-2-1-3-7-15-11/h5-6,8,11,15H,1-4,7H2. The van der Waals surface area contributed by atoms with E-state index in [2.05, 4.69) is 10.3 Å². The van der Waals surface area contributed by atoms with Gasteiger partial charge in [0.2, 0.25) is 0 Å². The van der Waals surface area contributed by atoms with Gasteiger partial charge in [-0.15, -0.1) is 11.3 Å². The fraction of sp³-hybridized carbons (Fsp3) is 0.462. The van der Waals surface area contributed by atoms with Crippen LogP contribution in [0.4, 0.5) is 4.39 Å². The zero-order chi connectivity index (χ0) is 11.7. The summed E-state index contributed by atoms with van der Waals surface area (Å²) in [6, 6.07) is 5.18. The van der Waals surface area contributed by atoms with Gasteiger partial charge in [-0.2, -0.15) is 0 Å². The average Bonchev–Trinajstić information content (AvgIpc) is 2.57. The molecule has 17 heavy (non-hydrogen) atoms. The maximum Gasteiger partial charge on any atom is 0.124 e. The number of halogens is 1. The van der Waals surface area contributed by atoms with Crippen LogP contribution in [-0.4, -0.2) is 11.5 Å². The molecule has 3 rings (SSSR count). The smallest absolute Gasteiger partial charge is 0.124 e. The molecule has 0 amide bonds. The first-order chi connectivity index (χ1) is 8.33. The van der Waals surface area contributed by atoms with E-state index in [-0.39, 0.29) is 5.82 Å². The zero-order valence-electron chi connectivity index (χ0n) is 9.58. The number of nitrogens with one attached hydrogen (secondary N) is 1. The second kappa shape index (κ2) is 4.70. The maximum atomic E-state index is 13.1. The normalized spacial score (nSPS) is 21.6. The summed E-state index contributed by atoms with van der Waals surface area (Å²) in [5.41, 5.74) is 0.914. The number of hydrogen-bond acceptors (Lipinski definition) is 3. The molecular formula is C13H15FN2S. The van der Waals surface area contributed by atoms with E-state index < -0.39 is 0 Å². The first-order valence-electron chi connectivity index (χ1n) is 6.12. The van der Waals surface area contributed by atoms with Crippen molar-refractivity contribution in [1.82, 2.24) is 10.3 Å². The van der Waals surface area contributed by atoms with Gasteiger partial charge in [0.25, 0.3) is 0 Å². The third-order valence-corrected chi connectivity index (χ3v) is 4.36. The van der Waals surface area contributed by atoms with Crippen LogP contribution < -0.4 is 5.32 Å². The summed E-state index contributed by atoms with van der Waals surface area (Å²) in [6.07, 6.45) is 4.93. The minimum absolute atomic E-state index is 0.179. The van der Waals surface area contributed by atoms with Crippen molar-refractivity contribution in [2.45, 2.75) is 31.7 Å². The number of benzene rings is 1. The highest BCUT2D eigenvalue weighted by Gasteiger charge is 2.17. The van der Waals surface area contributed by atoms with Gasteiger partial charge in [0.1, 0.15) is 10.8 Å². The summed E-state index contributed by atoms with van der Waals surface area (Å²) in [5, 5.41) is 4.63. The molecule has 0 radical (unpaired) electrons. The van der Waals surface area contributed by atoms with E-state index in [1.165, 1.54) is 25.3 Å². The molecule has 4 heteroatoms. The fourth-order valence-electron chi connectivity index (χ4n) is 2.30. The van der Waals surface area contributed by atoms with E-state index >= 15 is 0 Å². The van der Waals surface area contributed by atoms with Crippen molar-refractivity contribution in [1.29, 1.82) is 0 Å². The highest BCUT2D eigenvalue weighted by Crippen LogP contribution is 2.30. The lowest BCUT2D eigenvalue weighted by Crippen LogP contribution is -2.19. The molecule has 1 N–H and O–H groups in total. The van der Waals surface area contributed by atoms with Crippen molar-refractivity contribution >= 4 is 21.6 Å². The molecule has 2 heterocycles. The zero-order valence-corrected chi connectivity index (χ0v) is 10.4. The Bertz CT molecular complexity index is 515. The number of fused-ring (bicyclic) bond motifs is 1. The molecule has 2 aromatic rings. The van der Waals surface area contributed by atoms with Gasteiger partial charge in [-0.1, -0.05) is 12.8 Å². The van der Waals surface area contributed by atoms with Crippen molar-refractivity contribution in [3.8, 4) is 0 Å². The molecule has 0 bridgehead atoms. The first-order valence-corrected chi connectivity index (χ1v) is 6.94. The predicted molar refractivity (Wildman–Crippen MR) is 68.8 cm³/mol. The Morgan fingerprint density at radius 3 is 3.18 bits per heavy atom. The molecular weight excluding hydrogens is 235 g/mol. The highest BCUT2D eigenvalue weighted by atomic mass is 32.1. The van der Waals surface area contributed by atoms with Crippen molar-refractivity contribution in [2.75, 3.05) is 6.54 Å². The first kappa shape index (κ1) is 11.1. The Labute approximate surface area is 104 Å². The second-order valence-electron chi connectivity index (χ2n) is 4.52. The van der Waals surface area contributed by atoms with Crippen LogP contribution in [0.3, 0.4) is 0 Å². The summed E-state index contributed by atoms with van der Waals surface area (Å²) in [6.45, 7) is 1.06. The van der Waals surface area contributed by atoms with E-state index in [9.17, 15) is 4.39 Å². The molecule has 1 saturated heterocycles. The quantitative estimate of drug-likeness (QED) is 0.835. The third-order valence-electron chi connectivity index (χ3n) is 3.23. The van der Waals surface area contributed by atoms with Crippen LogP contribution in [0.1, 0.15) is 36.7 Å². The van der Waals surface area contributed by atoms with Crippen LogP contribution >= 0.6 is 11.3 Å². The molecule has 0 aliphatic carbocycles. The Kier molecular flexibility index (Phi) is 3.07. The van der Waals surface area contributed by atoms with E-state index in [4.69, 9.17) is 0 Å². The van der Waals surface area contributed by atoms with E-state index in [1.807, 2.05) is 0 Å². The van der Waals surface area contributed by atoms with Crippen LogP contribution in [0, 0.1) is 5.82 Å². The van der Waals surface area contributed by atoms with Crippen molar-refractivity contribution in [3.63, 3.8) is 0 Å². The van der Waals surface area contributed by atoms with E-state index in [0.29, 0.717) is 6.04 Å². The molecule has 1 fully saturated rings. The van der Waals surface area contributed by atoms with Gasteiger partial charge in [-0.25, -0.2) is 9.37 Å². The fourth-order valence-corrected chi connectivity index (χ4v) is 3.41. The molecule has 0 spiro atoms. The summed E-state index contributed by atoms with van der Waals surface area (Å²) in [5.74, 6) is -0.179. The van der Waals surface area contributed by atoms with Gasteiger partial charge in [0.05, 0.1) is 16.3 Å². The summed E-state index contributed by atoms with van der Waals surface area (Å²) >= 11 is 1.61. The largest absolute Gasteiger partial charge is 0.308 e. The van der Waals surface area contributed by atoms with Gasteiger partial charge in [0, 0.05) is 0 Å². The van der Waals surface area contributed by atoms with Crippen LogP contribution in [-0.2, 0) is 0 Å². The van der Waals surface area contributed by atoms with Crippen LogP contribution in [0.5, 0.6) is 0 Å². The van der Waals surface area contributed by atoms with Crippen LogP contribution in [0.15, 0.2) is 18.2 Å². The third kappa shape index (κ3) is 2.33. The predicted octanol–water partition coefficient (Wildman–Crippen LogP) is 3.64. The second-order valence-corrected chi connectivity index (χ2v) is 5.58. The van der Waals surface area contributed by atoms with Gasteiger partial charge in [0.15, 0.2) is 0 Å². The molecule has 1 unspecified atom stereocenters. The van der Waals surface area contributed by atoms with Gasteiger partial charge in [-0.3, -0.25) is 0 Å². The molecule has 1 aliphatic rings. The summed E-state index contributed by atoms with van der Waals surface area (Å²) in [4.78, 5) is 4.61. The minimum Gasteiger partial charge on any atom is -0.308 e. The van der Waals surface area contributed by atoms with Gasteiger partial charge >= 0.3 is 0 Å². The highest BCUT2D eigenvalue weighted by molar-refractivity contribution is 7.18. The molecule has 1 aliphatic heterocycles. The van der Waals surface area contributed by atoms with Gasteiger partial charge < -0.3 is 5.32 Å². The van der Waals surface area contributed by atoms with Crippen LogP contribution in [0.25, 0.3) is 10.2 Å². The number of thiazole rings is 1. The molecule has 1 aromatic carbocycles. The monoisotopic (exact) mass is 250 g/mol. The number of rotatable bonds is 1. The molecule has 2 nitrogen and oxygen atoms in total. The molecule has 0 saturated carbocycles. The maximum absolute atomic E-state index is 13.1. The lowest BCUT2D eigenvalue weighted by Gasteiger charge is -2.11. The SMILES string of the molecule is Fc1ccc2nc(C3CCCCCN3)sc2c1. The van der Waals surface area contributed by atoms with Crippen molar-refractivity contribution in [2.24, 2.45) is 0 Å². The lowest BCUT2D eigenvalue weighted by atomic mass is 10.1. The minimum atomic E-state index is -0.179. The number of aromatic nitrogens is 1. The van der Waals surface area contributed by atoms with Crippen LogP contribution in [0.2, 0.25) is 0 Å².